The van der Waals surface area contributed by atoms with Crippen LogP contribution in [0.5, 0.6) is 0 Å². The highest BCUT2D eigenvalue weighted by Gasteiger charge is 2.09. The molecule has 0 unspecified atom stereocenters. The van der Waals surface area contributed by atoms with E-state index in [-0.39, 0.29) is 17.4 Å². The average Bonchev–Trinajstić information content (AvgIpc) is 2.46. The summed E-state index contributed by atoms with van der Waals surface area (Å²) in [6.45, 7) is 2.05. The van der Waals surface area contributed by atoms with Crippen molar-refractivity contribution in [2.24, 2.45) is 0 Å². The molecule has 0 atom stereocenters. The Labute approximate surface area is 116 Å². The molecule has 2 aromatic rings. The highest BCUT2D eigenvalue weighted by atomic mass is 32.2. The van der Waals surface area contributed by atoms with E-state index in [2.05, 4.69) is 6.92 Å². The SMILES string of the molecule is CCc1cccc(C(=O)CSc2ccccc2F)c1. The van der Waals surface area contributed by atoms with Crippen LogP contribution < -0.4 is 0 Å². The van der Waals surface area contributed by atoms with Crippen LogP contribution in [0.1, 0.15) is 22.8 Å². The van der Waals surface area contributed by atoms with Gasteiger partial charge in [0.1, 0.15) is 5.82 Å². The summed E-state index contributed by atoms with van der Waals surface area (Å²) < 4.78 is 13.4. The zero-order valence-electron chi connectivity index (χ0n) is 10.7. The zero-order chi connectivity index (χ0) is 13.7. The van der Waals surface area contributed by atoms with Crippen molar-refractivity contribution >= 4 is 17.5 Å². The number of ketones is 1. The minimum atomic E-state index is -0.275. The van der Waals surface area contributed by atoms with Crippen molar-refractivity contribution in [2.75, 3.05) is 5.75 Å². The average molecular weight is 274 g/mol. The van der Waals surface area contributed by atoms with E-state index in [0.29, 0.717) is 10.5 Å². The number of benzene rings is 2. The zero-order valence-corrected chi connectivity index (χ0v) is 11.5. The topological polar surface area (TPSA) is 17.1 Å². The molecule has 0 N–H and O–H groups in total. The van der Waals surface area contributed by atoms with Gasteiger partial charge in [-0.15, -0.1) is 11.8 Å². The van der Waals surface area contributed by atoms with Gasteiger partial charge in [0, 0.05) is 10.5 Å². The number of aryl methyl sites for hydroxylation is 1. The summed E-state index contributed by atoms with van der Waals surface area (Å²) in [4.78, 5) is 12.6. The summed E-state index contributed by atoms with van der Waals surface area (Å²) in [5, 5.41) is 0. The Morgan fingerprint density at radius 2 is 1.95 bits per heavy atom. The smallest absolute Gasteiger partial charge is 0.173 e. The van der Waals surface area contributed by atoms with E-state index in [4.69, 9.17) is 0 Å². The van der Waals surface area contributed by atoms with Crippen LogP contribution in [0, 0.1) is 5.82 Å². The lowest BCUT2D eigenvalue weighted by Crippen LogP contribution is -2.03. The molecule has 0 radical (unpaired) electrons. The van der Waals surface area contributed by atoms with Gasteiger partial charge in [0.15, 0.2) is 5.78 Å². The monoisotopic (exact) mass is 274 g/mol. The number of Topliss-reactive ketones (excluding diaryl/α,β-unsaturated/α-hetero) is 1. The molecule has 0 spiro atoms. The summed E-state index contributed by atoms with van der Waals surface area (Å²) in [6, 6.07) is 14.1. The highest BCUT2D eigenvalue weighted by Crippen LogP contribution is 2.22. The molecule has 0 aliphatic carbocycles. The van der Waals surface area contributed by atoms with Crippen LogP contribution >= 0.6 is 11.8 Å². The molecule has 0 aliphatic heterocycles. The Bertz CT molecular complexity index is 580. The van der Waals surface area contributed by atoms with E-state index in [0.717, 1.165) is 12.0 Å². The third kappa shape index (κ3) is 3.67. The summed E-state index contributed by atoms with van der Waals surface area (Å²) in [5.74, 6) is 0.0137. The number of carbonyl (C=O) groups is 1. The Kier molecular flexibility index (Phi) is 4.74. The first kappa shape index (κ1) is 13.8. The Morgan fingerprint density at radius 1 is 1.16 bits per heavy atom. The number of halogens is 1. The molecule has 98 valence electrons. The van der Waals surface area contributed by atoms with E-state index in [9.17, 15) is 9.18 Å². The van der Waals surface area contributed by atoms with Gasteiger partial charge in [0.2, 0.25) is 0 Å². The fourth-order valence-corrected chi connectivity index (χ4v) is 2.59. The van der Waals surface area contributed by atoms with Crippen molar-refractivity contribution in [3.05, 3.63) is 65.5 Å². The van der Waals surface area contributed by atoms with Gasteiger partial charge in [-0.3, -0.25) is 4.79 Å². The Morgan fingerprint density at radius 3 is 2.68 bits per heavy atom. The third-order valence-corrected chi connectivity index (χ3v) is 3.90. The second kappa shape index (κ2) is 6.53. The number of rotatable bonds is 5. The van der Waals surface area contributed by atoms with Crippen LogP contribution in [0.3, 0.4) is 0 Å². The number of hydrogen-bond acceptors (Lipinski definition) is 2. The van der Waals surface area contributed by atoms with Crippen molar-refractivity contribution in [2.45, 2.75) is 18.2 Å². The van der Waals surface area contributed by atoms with Crippen LogP contribution in [0.15, 0.2) is 53.4 Å². The highest BCUT2D eigenvalue weighted by molar-refractivity contribution is 8.00. The van der Waals surface area contributed by atoms with Gasteiger partial charge in [0.25, 0.3) is 0 Å². The van der Waals surface area contributed by atoms with Gasteiger partial charge < -0.3 is 0 Å². The molecule has 19 heavy (non-hydrogen) atoms. The van der Waals surface area contributed by atoms with Crippen molar-refractivity contribution in [1.82, 2.24) is 0 Å². The van der Waals surface area contributed by atoms with E-state index < -0.39 is 0 Å². The summed E-state index contributed by atoms with van der Waals surface area (Å²) >= 11 is 1.24. The summed E-state index contributed by atoms with van der Waals surface area (Å²) in [7, 11) is 0. The molecular formula is C16H15FOS. The minimum Gasteiger partial charge on any atom is -0.293 e. The molecule has 0 aromatic heterocycles. The lowest BCUT2D eigenvalue weighted by Gasteiger charge is -2.04. The van der Waals surface area contributed by atoms with Crippen LogP contribution in [0.4, 0.5) is 4.39 Å². The molecule has 0 heterocycles. The van der Waals surface area contributed by atoms with Crippen LogP contribution in [0.2, 0.25) is 0 Å². The number of hydrogen-bond donors (Lipinski definition) is 0. The van der Waals surface area contributed by atoms with E-state index in [1.54, 1.807) is 18.2 Å². The molecule has 1 nitrogen and oxygen atoms in total. The molecular weight excluding hydrogens is 259 g/mol. The lowest BCUT2D eigenvalue weighted by atomic mass is 10.1. The quantitative estimate of drug-likeness (QED) is 0.595. The number of carbonyl (C=O) groups excluding carboxylic acids is 1. The second-order valence-corrected chi connectivity index (χ2v) is 5.21. The molecule has 0 aliphatic rings. The first-order chi connectivity index (χ1) is 9.20. The van der Waals surface area contributed by atoms with Crippen molar-refractivity contribution in [3.63, 3.8) is 0 Å². The first-order valence-electron chi connectivity index (χ1n) is 6.20. The predicted octanol–water partition coefficient (Wildman–Crippen LogP) is 4.36. The van der Waals surface area contributed by atoms with Gasteiger partial charge in [-0.05, 0) is 30.2 Å². The normalized spacial score (nSPS) is 10.4. The van der Waals surface area contributed by atoms with Gasteiger partial charge in [-0.25, -0.2) is 4.39 Å². The molecule has 2 aromatic carbocycles. The van der Waals surface area contributed by atoms with Gasteiger partial charge >= 0.3 is 0 Å². The van der Waals surface area contributed by atoms with E-state index in [1.807, 2.05) is 24.3 Å². The molecule has 3 heteroatoms. The summed E-state index contributed by atoms with van der Waals surface area (Å²) in [6.07, 6.45) is 0.904. The fraction of sp³-hybridized carbons (Fsp3) is 0.188. The first-order valence-corrected chi connectivity index (χ1v) is 7.18. The second-order valence-electron chi connectivity index (χ2n) is 4.20. The molecule has 0 bridgehead atoms. The third-order valence-electron chi connectivity index (χ3n) is 2.85. The van der Waals surface area contributed by atoms with Crippen molar-refractivity contribution < 1.29 is 9.18 Å². The van der Waals surface area contributed by atoms with Crippen molar-refractivity contribution in [1.29, 1.82) is 0 Å². The maximum Gasteiger partial charge on any atom is 0.173 e. The Balaban J connectivity index is 2.03. The van der Waals surface area contributed by atoms with Crippen LogP contribution in [-0.4, -0.2) is 11.5 Å². The number of thioether (sulfide) groups is 1. The van der Waals surface area contributed by atoms with Gasteiger partial charge in [-0.1, -0.05) is 37.3 Å². The van der Waals surface area contributed by atoms with Crippen LogP contribution in [0.25, 0.3) is 0 Å². The summed E-state index contributed by atoms with van der Waals surface area (Å²) in [5.41, 5.74) is 1.84. The maximum absolute atomic E-state index is 13.4. The molecule has 2 rings (SSSR count). The molecule has 0 saturated carbocycles. The largest absolute Gasteiger partial charge is 0.293 e. The van der Waals surface area contributed by atoms with Gasteiger partial charge in [-0.2, -0.15) is 0 Å². The van der Waals surface area contributed by atoms with Crippen molar-refractivity contribution in [3.8, 4) is 0 Å². The van der Waals surface area contributed by atoms with Crippen LogP contribution in [-0.2, 0) is 6.42 Å². The fourth-order valence-electron chi connectivity index (χ4n) is 1.75. The predicted molar refractivity (Wildman–Crippen MR) is 77.3 cm³/mol. The Hall–Kier alpha value is -1.61. The van der Waals surface area contributed by atoms with E-state index >= 15 is 0 Å². The molecule has 0 saturated heterocycles. The minimum absolute atomic E-state index is 0.0311. The maximum atomic E-state index is 13.4. The lowest BCUT2D eigenvalue weighted by molar-refractivity contribution is 0.102. The van der Waals surface area contributed by atoms with Gasteiger partial charge in [0.05, 0.1) is 5.75 Å². The van der Waals surface area contributed by atoms with E-state index in [1.165, 1.54) is 17.8 Å². The molecule has 0 fully saturated rings. The molecule has 0 amide bonds. The standard InChI is InChI=1S/C16H15FOS/c1-2-12-6-5-7-13(10-12)15(18)11-19-16-9-4-3-8-14(16)17/h3-10H,2,11H2,1H3.